The first-order chi connectivity index (χ1) is 6.20. The monoisotopic (exact) mass is 201 g/mol. The molecule has 3 N–H and O–H groups in total. The van der Waals surface area contributed by atoms with Crippen LogP contribution in [-0.2, 0) is 0 Å². The number of H-pyrrole nitrogens is 1. The number of benzene rings is 1. The van der Waals surface area contributed by atoms with Crippen molar-refractivity contribution >= 4 is 40.3 Å². The molecule has 0 amide bonds. The Morgan fingerprint density at radius 2 is 1.71 bits per heavy atom. The second-order valence-electron chi connectivity index (χ2n) is 2.66. The van der Waals surface area contributed by atoms with Crippen LogP contribution in [-0.4, -0.2) is 39.4 Å². The van der Waals surface area contributed by atoms with Crippen LogP contribution in [0.25, 0.3) is 10.8 Å². The van der Waals surface area contributed by atoms with E-state index in [1.165, 1.54) is 0 Å². The molecule has 68 valence electrons. The van der Waals surface area contributed by atoms with Gasteiger partial charge in [-0.05, 0) is 12.1 Å². The van der Waals surface area contributed by atoms with E-state index in [9.17, 15) is 9.59 Å². The summed E-state index contributed by atoms with van der Waals surface area (Å²) >= 11 is 0. The summed E-state index contributed by atoms with van der Waals surface area (Å²) in [5, 5.41) is 2.89. The van der Waals surface area contributed by atoms with E-state index in [0.717, 1.165) is 0 Å². The normalized spacial score (nSPS) is 9.71. The second kappa shape index (κ2) is 4.00. The van der Waals surface area contributed by atoms with Gasteiger partial charge in [-0.2, -0.15) is 4.79 Å². The van der Waals surface area contributed by atoms with Crippen LogP contribution in [0.4, 0.5) is 0 Å². The number of aromatic nitrogens is 2. The zero-order chi connectivity index (χ0) is 9.42. The molecule has 1 aromatic carbocycles. The van der Waals surface area contributed by atoms with E-state index in [1.54, 1.807) is 24.3 Å². The van der Waals surface area contributed by atoms with Crippen molar-refractivity contribution in [2.24, 2.45) is 0 Å². The number of nitrogens with two attached hydrogens (primary N) is 1. The third kappa shape index (κ3) is 1.61. The average Bonchev–Trinajstić information content (AvgIpc) is 2.15. The fraction of sp³-hybridized carbons (Fsp3) is 0. The number of aromatic amines is 1. The molecular formula is C8H8N3NaO2. The predicted octanol–water partition coefficient (Wildman–Crippen LogP) is -1.24. The van der Waals surface area contributed by atoms with E-state index >= 15 is 0 Å². The molecule has 0 fully saturated rings. The zero-order valence-corrected chi connectivity index (χ0v) is 6.65. The van der Waals surface area contributed by atoms with E-state index < -0.39 is 5.56 Å². The van der Waals surface area contributed by atoms with E-state index in [2.05, 4.69) is 5.10 Å². The van der Waals surface area contributed by atoms with Crippen LogP contribution in [0.2, 0.25) is 0 Å². The van der Waals surface area contributed by atoms with Crippen LogP contribution in [0.15, 0.2) is 33.9 Å². The number of rotatable bonds is 0. The summed E-state index contributed by atoms with van der Waals surface area (Å²) in [6.45, 7) is 0. The molecule has 0 saturated carbocycles. The maximum atomic E-state index is 11.3. The number of fused-ring (bicyclic) bond motifs is 1. The third-order valence-electron chi connectivity index (χ3n) is 1.84. The summed E-state index contributed by atoms with van der Waals surface area (Å²) in [5.74, 6) is 5.24. The first kappa shape index (κ1) is 11.0. The number of nitrogen functional groups attached to an aromatic ring is 1. The number of hydrogen-bond donors (Lipinski definition) is 2. The quantitative estimate of drug-likeness (QED) is 0.413. The summed E-state index contributed by atoms with van der Waals surface area (Å²) in [4.78, 5) is 23.3. The SMILES string of the molecule is Nn1[nH]c(=O)c2ccccc2c1=O.[NaH]. The molecule has 0 atom stereocenters. The van der Waals surface area contributed by atoms with Gasteiger partial charge in [0.05, 0.1) is 10.8 Å². The fourth-order valence-corrected chi connectivity index (χ4v) is 1.22. The molecule has 0 aliphatic rings. The summed E-state index contributed by atoms with van der Waals surface area (Å²) in [7, 11) is 0. The zero-order valence-electron chi connectivity index (χ0n) is 6.65. The van der Waals surface area contributed by atoms with Crippen molar-refractivity contribution in [3.8, 4) is 0 Å². The van der Waals surface area contributed by atoms with Crippen LogP contribution in [0.1, 0.15) is 0 Å². The van der Waals surface area contributed by atoms with Crippen LogP contribution in [0, 0.1) is 0 Å². The standard InChI is InChI=1S/C8H7N3O2.Na.H/c9-11-8(13)6-4-2-1-3-5(6)7(12)10-11;;/h1-4H,9H2,(H,10,12);;. The predicted molar refractivity (Wildman–Crippen MR) is 56.1 cm³/mol. The van der Waals surface area contributed by atoms with Crippen molar-refractivity contribution in [2.45, 2.75) is 0 Å². The molecule has 6 heteroatoms. The summed E-state index contributed by atoms with van der Waals surface area (Å²) in [5.41, 5.74) is -0.770. The Bertz CT molecular complexity index is 573. The van der Waals surface area contributed by atoms with Gasteiger partial charge >= 0.3 is 29.6 Å². The summed E-state index contributed by atoms with van der Waals surface area (Å²) in [6, 6.07) is 6.52. The molecule has 1 aromatic heterocycles. The Morgan fingerprint density at radius 1 is 1.14 bits per heavy atom. The molecule has 0 bridgehead atoms. The molecule has 0 radical (unpaired) electrons. The van der Waals surface area contributed by atoms with E-state index in [1.807, 2.05) is 0 Å². The van der Waals surface area contributed by atoms with Crippen molar-refractivity contribution in [3.63, 3.8) is 0 Å². The van der Waals surface area contributed by atoms with Crippen molar-refractivity contribution in [3.05, 3.63) is 45.0 Å². The fourth-order valence-electron chi connectivity index (χ4n) is 1.22. The number of hydrogen-bond acceptors (Lipinski definition) is 3. The minimum atomic E-state index is -0.407. The molecule has 2 rings (SSSR count). The van der Waals surface area contributed by atoms with E-state index in [0.29, 0.717) is 15.6 Å². The molecular weight excluding hydrogens is 193 g/mol. The van der Waals surface area contributed by atoms with Crippen LogP contribution in [0.3, 0.4) is 0 Å². The van der Waals surface area contributed by atoms with Crippen molar-refractivity contribution in [1.29, 1.82) is 0 Å². The summed E-state index contributed by atoms with van der Waals surface area (Å²) < 4.78 is 0. The molecule has 0 unspecified atom stereocenters. The van der Waals surface area contributed by atoms with Gasteiger partial charge in [0.25, 0.3) is 11.1 Å². The molecule has 0 aliphatic carbocycles. The van der Waals surface area contributed by atoms with Crippen molar-refractivity contribution in [2.75, 3.05) is 5.84 Å². The topological polar surface area (TPSA) is 80.9 Å². The first-order valence-corrected chi connectivity index (χ1v) is 3.69. The number of nitrogens with zero attached hydrogens (tertiary/aromatic N) is 1. The Hall–Kier alpha value is -1.04. The Balaban J connectivity index is 0.000000980. The first-order valence-electron chi connectivity index (χ1n) is 3.69. The van der Waals surface area contributed by atoms with Gasteiger partial charge in [-0.3, -0.25) is 9.59 Å². The van der Waals surface area contributed by atoms with Gasteiger partial charge in [-0.15, -0.1) is 0 Å². The van der Waals surface area contributed by atoms with E-state index in [-0.39, 0.29) is 35.1 Å². The van der Waals surface area contributed by atoms with Gasteiger partial charge < -0.3 is 5.84 Å². The summed E-state index contributed by atoms with van der Waals surface area (Å²) in [6.07, 6.45) is 0. The molecule has 0 saturated heterocycles. The molecule has 5 nitrogen and oxygen atoms in total. The molecule has 0 aliphatic heterocycles. The van der Waals surface area contributed by atoms with Gasteiger partial charge in [0.2, 0.25) is 0 Å². The maximum absolute atomic E-state index is 11.3. The number of nitrogens with one attached hydrogen (secondary N) is 1. The van der Waals surface area contributed by atoms with Crippen LogP contribution < -0.4 is 17.0 Å². The van der Waals surface area contributed by atoms with Crippen LogP contribution in [0.5, 0.6) is 0 Å². The van der Waals surface area contributed by atoms with Crippen LogP contribution >= 0.6 is 0 Å². The van der Waals surface area contributed by atoms with Crippen molar-refractivity contribution < 1.29 is 0 Å². The van der Waals surface area contributed by atoms with E-state index in [4.69, 9.17) is 5.84 Å². The average molecular weight is 201 g/mol. The third-order valence-corrected chi connectivity index (χ3v) is 1.84. The molecule has 14 heavy (non-hydrogen) atoms. The van der Waals surface area contributed by atoms with Gasteiger partial charge in [0.1, 0.15) is 0 Å². The van der Waals surface area contributed by atoms with Gasteiger partial charge in [0, 0.05) is 0 Å². The molecule has 1 heterocycles. The molecule has 0 spiro atoms. The van der Waals surface area contributed by atoms with Gasteiger partial charge in [-0.1, -0.05) is 12.1 Å². The molecule has 2 aromatic rings. The Kier molecular flexibility index (Phi) is 3.15. The van der Waals surface area contributed by atoms with Crippen molar-refractivity contribution in [1.82, 2.24) is 9.89 Å². The van der Waals surface area contributed by atoms with Gasteiger partial charge in [0.15, 0.2) is 0 Å². The van der Waals surface area contributed by atoms with Gasteiger partial charge in [-0.25, -0.2) is 5.10 Å². The Morgan fingerprint density at radius 3 is 2.36 bits per heavy atom. The Labute approximate surface area is 101 Å². The minimum absolute atomic E-state index is 0. The second-order valence-corrected chi connectivity index (χ2v) is 2.66.